The summed E-state index contributed by atoms with van der Waals surface area (Å²) in [6.07, 6.45) is 1.58. The van der Waals surface area contributed by atoms with Crippen LogP contribution in [-0.2, 0) is 0 Å². The Hall–Kier alpha value is -1.13. The van der Waals surface area contributed by atoms with Crippen LogP contribution in [0.25, 0.3) is 6.08 Å². The van der Waals surface area contributed by atoms with Crippen molar-refractivity contribution in [2.45, 2.75) is 0 Å². The van der Waals surface area contributed by atoms with Crippen LogP contribution in [0.5, 0.6) is 0 Å². The van der Waals surface area contributed by atoms with E-state index in [4.69, 9.17) is 6.58 Å². The molecule has 0 aliphatic heterocycles. The highest BCUT2D eigenvalue weighted by Crippen LogP contribution is 1.97. The molecule has 38 valence electrons. The molecule has 0 aliphatic rings. The first-order valence-corrected chi connectivity index (χ1v) is 2.53. The first-order chi connectivity index (χ1) is 3.93. The summed E-state index contributed by atoms with van der Waals surface area (Å²) in [6, 6.07) is 9.80. The Morgan fingerprint density at radius 2 is 1.75 bits per heavy atom. The van der Waals surface area contributed by atoms with Crippen LogP contribution >= 0.6 is 0 Å². The van der Waals surface area contributed by atoms with E-state index in [2.05, 4.69) is 0 Å². The number of hydrogen-bond acceptors (Lipinski definition) is 0. The van der Waals surface area contributed by atoms with Gasteiger partial charge in [-0.1, -0.05) is 6.07 Å². The third kappa shape index (κ3) is 0.927. The zero-order valence-electron chi connectivity index (χ0n) is 4.54. The van der Waals surface area contributed by atoms with Crippen molar-refractivity contribution in [3.63, 3.8) is 0 Å². The van der Waals surface area contributed by atoms with E-state index in [1.165, 1.54) is 0 Å². The highest BCUT2D eigenvalue weighted by molar-refractivity contribution is 5.44. The third-order valence-corrected chi connectivity index (χ3v) is 0.992. The van der Waals surface area contributed by atoms with Crippen LogP contribution in [0, 0.1) is 6.58 Å². The van der Waals surface area contributed by atoms with E-state index in [-0.39, 0.29) is 0 Å². The van der Waals surface area contributed by atoms with Crippen molar-refractivity contribution in [1.29, 1.82) is 0 Å². The lowest BCUT2D eigenvalue weighted by molar-refractivity contribution is 1.66. The number of benzene rings is 1. The molecule has 1 rings (SSSR count). The monoisotopic (exact) mass is 103 g/mol. The second-order valence-corrected chi connectivity index (χ2v) is 1.58. The van der Waals surface area contributed by atoms with Gasteiger partial charge in [0.1, 0.15) is 5.56 Å². The van der Waals surface area contributed by atoms with Crippen molar-refractivity contribution in [3.05, 3.63) is 42.5 Å². The fraction of sp³-hybridized carbons (Fsp3) is 0. The molecule has 1 aromatic carbocycles. The Morgan fingerprint density at radius 1 is 1.12 bits per heavy atom. The van der Waals surface area contributed by atoms with Crippen molar-refractivity contribution in [1.82, 2.24) is 0 Å². The summed E-state index contributed by atoms with van der Waals surface area (Å²) >= 11 is 0. The predicted octanol–water partition coefficient (Wildman–Crippen LogP) is 2.13. The fourth-order valence-corrected chi connectivity index (χ4v) is 0.564. The van der Waals surface area contributed by atoms with Crippen LogP contribution in [0.1, 0.15) is 5.56 Å². The standard InChI is InChI=1S/C8H7/c1-2-8-6-4-3-5-7-8/h1-7H/q+1. The van der Waals surface area contributed by atoms with Gasteiger partial charge in [0.15, 0.2) is 6.08 Å². The molecular weight excluding hydrogens is 96.1 g/mol. The van der Waals surface area contributed by atoms with E-state index in [0.29, 0.717) is 0 Å². The first kappa shape index (κ1) is 5.02. The highest BCUT2D eigenvalue weighted by atomic mass is 13.8. The molecule has 0 spiro atoms. The average molecular weight is 103 g/mol. The highest BCUT2D eigenvalue weighted by Gasteiger charge is 1.86. The Morgan fingerprint density at radius 3 is 2.12 bits per heavy atom. The maximum atomic E-state index is 5.22. The summed E-state index contributed by atoms with van der Waals surface area (Å²) in [7, 11) is 0. The van der Waals surface area contributed by atoms with Crippen molar-refractivity contribution in [2.75, 3.05) is 0 Å². The molecule has 0 atom stereocenters. The lowest BCUT2D eigenvalue weighted by atomic mass is 10.2. The molecule has 0 heteroatoms. The minimum absolute atomic E-state index is 1.06. The van der Waals surface area contributed by atoms with Gasteiger partial charge in [-0.05, 0) is 12.1 Å². The topological polar surface area (TPSA) is 0 Å². The van der Waals surface area contributed by atoms with Gasteiger partial charge in [-0.25, -0.2) is 0 Å². The van der Waals surface area contributed by atoms with Gasteiger partial charge in [0, 0.05) is 18.7 Å². The van der Waals surface area contributed by atoms with Crippen LogP contribution in [0.2, 0.25) is 0 Å². The van der Waals surface area contributed by atoms with Crippen LogP contribution < -0.4 is 0 Å². The van der Waals surface area contributed by atoms with Crippen LogP contribution in [-0.4, -0.2) is 0 Å². The van der Waals surface area contributed by atoms with Crippen LogP contribution in [0.3, 0.4) is 0 Å². The van der Waals surface area contributed by atoms with Crippen LogP contribution in [0.4, 0.5) is 0 Å². The number of hydrogen-bond donors (Lipinski definition) is 0. The molecule has 0 radical (unpaired) electrons. The Balaban J connectivity index is 2.99. The molecule has 0 nitrogen and oxygen atoms in total. The largest absolute Gasteiger partial charge is 0.159 e. The van der Waals surface area contributed by atoms with Gasteiger partial charge in [0.2, 0.25) is 0 Å². The van der Waals surface area contributed by atoms with Gasteiger partial charge in [-0.3, -0.25) is 0 Å². The van der Waals surface area contributed by atoms with Crippen molar-refractivity contribution in [2.24, 2.45) is 0 Å². The molecule has 0 bridgehead atoms. The van der Waals surface area contributed by atoms with Gasteiger partial charge in [0.05, 0.1) is 0 Å². The van der Waals surface area contributed by atoms with Gasteiger partial charge >= 0.3 is 0 Å². The zero-order valence-corrected chi connectivity index (χ0v) is 4.54. The maximum Gasteiger partial charge on any atom is 0.159 e. The smallest absolute Gasteiger partial charge is 0.0586 e. The second kappa shape index (κ2) is 2.25. The van der Waals surface area contributed by atoms with Crippen LogP contribution in [0.15, 0.2) is 30.3 Å². The van der Waals surface area contributed by atoms with E-state index in [1.807, 2.05) is 30.3 Å². The SMILES string of the molecule is [CH+]=Cc1ccccc1. The van der Waals surface area contributed by atoms with Crippen molar-refractivity contribution < 1.29 is 0 Å². The lowest BCUT2D eigenvalue weighted by Crippen LogP contribution is -1.63. The number of rotatable bonds is 1. The summed E-state index contributed by atoms with van der Waals surface area (Å²) in [5.41, 5.74) is 1.06. The average Bonchev–Trinajstić information content (AvgIpc) is 1.90. The molecule has 0 N–H and O–H groups in total. The molecular formula is C8H7+. The van der Waals surface area contributed by atoms with Crippen molar-refractivity contribution >= 4 is 6.08 Å². The van der Waals surface area contributed by atoms with E-state index in [1.54, 1.807) is 6.08 Å². The van der Waals surface area contributed by atoms with Crippen molar-refractivity contribution in [3.8, 4) is 0 Å². The molecule has 0 fully saturated rings. The van der Waals surface area contributed by atoms with Gasteiger partial charge in [-0.15, -0.1) is 0 Å². The van der Waals surface area contributed by atoms with Gasteiger partial charge in [0.25, 0.3) is 0 Å². The second-order valence-electron chi connectivity index (χ2n) is 1.58. The van der Waals surface area contributed by atoms with E-state index < -0.39 is 0 Å². The van der Waals surface area contributed by atoms with E-state index in [0.717, 1.165) is 5.56 Å². The Kier molecular flexibility index (Phi) is 1.41. The maximum absolute atomic E-state index is 5.22. The Labute approximate surface area is 49.5 Å². The fourth-order valence-electron chi connectivity index (χ4n) is 0.564. The molecule has 0 heterocycles. The predicted molar refractivity (Wildman–Crippen MR) is 35.2 cm³/mol. The summed E-state index contributed by atoms with van der Waals surface area (Å²) in [5, 5.41) is 0. The molecule has 0 aliphatic carbocycles. The first-order valence-electron chi connectivity index (χ1n) is 2.53. The molecule has 0 saturated carbocycles. The molecule has 8 heavy (non-hydrogen) atoms. The van der Waals surface area contributed by atoms with E-state index >= 15 is 0 Å². The minimum Gasteiger partial charge on any atom is -0.0586 e. The van der Waals surface area contributed by atoms with Gasteiger partial charge in [-0.2, -0.15) is 0 Å². The Bertz CT molecular complexity index is 163. The third-order valence-electron chi connectivity index (χ3n) is 0.992. The molecule has 0 saturated heterocycles. The minimum atomic E-state index is 1.06. The lowest BCUT2D eigenvalue weighted by Gasteiger charge is -1.75. The summed E-state index contributed by atoms with van der Waals surface area (Å²) in [5.74, 6) is 0. The zero-order chi connectivity index (χ0) is 5.82. The summed E-state index contributed by atoms with van der Waals surface area (Å²) < 4.78 is 0. The molecule has 0 aromatic heterocycles. The van der Waals surface area contributed by atoms with E-state index in [9.17, 15) is 0 Å². The quantitative estimate of drug-likeness (QED) is 0.477. The molecule has 1 aromatic rings. The molecule has 0 amide bonds. The summed E-state index contributed by atoms with van der Waals surface area (Å²) in [6.45, 7) is 5.22. The molecule has 0 unspecified atom stereocenters. The normalized spacial score (nSPS) is 8.38. The summed E-state index contributed by atoms with van der Waals surface area (Å²) in [4.78, 5) is 0. The van der Waals surface area contributed by atoms with Gasteiger partial charge < -0.3 is 0 Å².